The number of benzene rings is 7. The Morgan fingerprint density at radius 2 is 0.510 bits per heavy atom. The van der Waals surface area contributed by atoms with Gasteiger partial charge in [-0.05, 0) is 150 Å². The van der Waals surface area contributed by atoms with Crippen molar-refractivity contribution in [2.45, 2.75) is 365 Å². The lowest BCUT2D eigenvalue weighted by molar-refractivity contribution is 0.469. The molecule has 0 amide bonds. The summed E-state index contributed by atoms with van der Waals surface area (Å²) in [7, 11) is 0. The molecular weight excluding hydrogens is 1200 g/mol. The lowest BCUT2D eigenvalue weighted by Crippen LogP contribution is -1.93. The minimum atomic E-state index is 0. The zero-order valence-electron chi connectivity index (χ0n) is 73.2. The van der Waals surface area contributed by atoms with Crippen molar-refractivity contribution in [1.29, 1.82) is 0 Å². The van der Waals surface area contributed by atoms with Crippen LogP contribution in [0.1, 0.15) is 363 Å². The van der Waals surface area contributed by atoms with Crippen molar-refractivity contribution in [3.8, 4) is 0 Å². The van der Waals surface area contributed by atoms with E-state index in [1.54, 1.807) is 0 Å². The Morgan fingerprint density at radius 1 is 0.280 bits per heavy atom. The molecule has 0 N–H and O–H groups in total. The van der Waals surface area contributed by atoms with E-state index < -0.39 is 0 Å². The molecule has 7 aromatic carbocycles. The van der Waals surface area contributed by atoms with Gasteiger partial charge in [-0.25, -0.2) is 0 Å². The van der Waals surface area contributed by atoms with Crippen LogP contribution in [-0.2, 0) is 19.3 Å². The van der Waals surface area contributed by atoms with Crippen LogP contribution in [-0.4, -0.2) is 0 Å². The predicted molar refractivity (Wildman–Crippen MR) is 473 cm³/mol. The van der Waals surface area contributed by atoms with E-state index in [0.29, 0.717) is 17.3 Å². The van der Waals surface area contributed by atoms with E-state index in [-0.39, 0.29) is 7.43 Å². The minimum Gasteiger partial charge on any atom is -0.0776 e. The molecule has 0 nitrogen and oxygen atoms in total. The Balaban J connectivity index is -0.000000129. The largest absolute Gasteiger partial charge is 0.0776 e. The van der Waals surface area contributed by atoms with Gasteiger partial charge < -0.3 is 0 Å². The average molecular weight is 1380 g/mol. The number of hydrogen-bond donors (Lipinski definition) is 0. The molecule has 0 saturated heterocycles. The normalized spacial score (nSPS) is 9.64. The summed E-state index contributed by atoms with van der Waals surface area (Å²) in [5.74, 6) is 3.96. The van der Waals surface area contributed by atoms with E-state index in [9.17, 15) is 0 Å². The van der Waals surface area contributed by atoms with E-state index in [1.165, 1.54) is 162 Å². The highest BCUT2D eigenvalue weighted by atomic mass is 14.1. The van der Waals surface area contributed by atoms with Gasteiger partial charge in [0.15, 0.2) is 0 Å². The fourth-order valence-corrected chi connectivity index (χ4v) is 6.61. The van der Waals surface area contributed by atoms with Crippen molar-refractivity contribution in [2.75, 3.05) is 0 Å². The van der Waals surface area contributed by atoms with E-state index in [4.69, 9.17) is 0 Å². The van der Waals surface area contributed by atoms with Gasteiger partial charge in [0.1, 0.15) is 0 Å². The highest BCUT2D eigenvalue weighted by Crippen LogP contribution is 2.19. The Labute approximate surface area is 632 Å². The first-order valence-electron chi connectivity index (χ1n) is 40.0. The fourth-order valence-electron chi connectivity index (χ4n) is 6.61. The molecule has 0 aromatic heterocycles. The molecule has 0 fully saturated rings. The van der Waals surface area contributed by atoms with Gasteiger partial charge in [-0.1, -0.05) is 486 Å². The summed E-state index contributed by atoms with van der Waals surface area (Å²) in [5.41, 5.74) is 18.4. The number of unbranched alkanes of at least 4 members (excludes halogenated alkanes) is 4. The van der Waals surface area contributed by atoms with Crippen LogP contribution in [0.2, 0.25) is 0 Å². The van der Waals surface area contributed by atoms with Crippen LogP contribution in [0.4, 0.5) is 0 Å². The molecule has 7 aromatic rings. The molecule has 1 unspecified atom stereocenters. The number of hydrogen-bond acceptors (Lipinski definition) is 0. The van der Waals surface area contributed by atoms with Gasteiger partial charge in [-0.2, -0.15) is 0 Å². The minimum absolute atomic E-state index is 0. The maximum Gasteiger partial charge on any atom is -0.0193 e. The summed E-state index contributed by atoms with van der Waals surface area (Å²) in [5, 5.41) is 0. The highest BCUT2D eigenvalue weighted by molar-refractivity contribution is 5.26. The maximum atomic E-state index is 2.27. The molecule has 1 atom stereocenters. The van der Waals surface area contributed by atoms with Crippen LogP contribution in [0.5, 0.6) is 0 Å². The van der Waals surface area contributed by atoms with Crippen LogP contribution in [0.15, 0.2) is 176 Å². The van der Waals surface area contributed by atoms with Crippen LogP contribution in [0.25, 0.3) is 0 Å². The second kappa shape index (κ2) is 82.5. The summed E-state index contributed by atoms with van der Waals surface area (Å²) < 4.78 is 0. The van der Waals surface area contributed by atoms with Gasteiger partial charge in [0, 0.05) is 0 Å². The third-order valence-electron chi connectivity index (χ3n) is 14.1. The maximum absolute atomic E-state index is 2.27. The second-order valence-electron chi connectivity index (χ2n) is 29.7. The molecule has 0 radical (unpaired) electrons. The van der Waals surface area contributed by atoms with Crippen molar-refractivity contribution < 1.29 is 0 Å². The Kier molecular flexibility index (Phi) is 93.3. The molecule has 0 aliphatic rings. The first kappa shape index (κ1) is 113. The van der Waals surface area contributed by atoms with Gasteiger partial charge in [0.25, 0.3) is 0 Å². The molecule has 0 spiro atoms. The fraction of sp³-hybridized carbons (Fsp3) is 0.580. The third kappa shape index (κ3) is 98.9. The molecule has 0 aliphatic heterocycles. The highest BCUT2D eigenvalue weighted by Gasteiger charge is 2.01. The van der Waals surface area contributed by atoms with Crippen LogP contribution >= 0.6 is 0 Å². The summed E-state index contributed by atoms with van der Waals surface area (Å²) in [6.45, 7) is 78.0. The SMILES string of the molecule is C.CC.CC(C)(C)C.CC(C)C.CCC.CCC(C)C.CCC(C)C.CCC(C)c1ccc(C)cc1.CCCC.CCCCC.CCCCc1ccc(C)cc1.CCCc1ccc(C)cc1.CCc1ccc(C)cc1.Cc1ccc(C(C)C)cc1.Cc1ccc(C)cc1.Cc1ccccc1. The Morgan fingerprint density at radius 3 is 0.700 bits per heavy atom. The Hall–Kier alpha value is -5.46. The van der Waals surface area contributed by atoms with Crippen molar-refractivity contribution in [3.05, 3.63) is 248 Å². The van der Waals surface area contributed by atoms with Crippen molar-refractivity contribution in [2.24, 2.45) is 23.2 Å². The smallest absolute Gasteiger partial charge is 0.0193 e. The molecule has 0 saturated carbocycles. The van der Waals surface area contributed by atoms with Crippen LogP contribution < -0.4 is 0 Å². The average Bonchev–Trinajstić information content (AvgIpc) is 1.03. The lowest BCUT2D eigenvalue weighted by atomic mass is 9.98. The standard InChI is InChI=1S/2C11H16.2C10H14.C9H12.C8H10.C7H8.4C5H12.2C4H10.C3H8.C2H6.CH4/c1-4-10(3)11-7-5-9(2)6-8-11;1-3-4-5-11-8-6-10(2)7-9-11;1-8(2)10-6-4-9(3)5-7-10;1-3-4-10-7-5-9(2)6-8-10;1-3-9-6-4-8(2)5-7-9;1-7-3-5-8(2)6-4-7;1-7-5-3-2-4-6-7;1-5(2,3)4;2*1-4-5(2)3;1-3-5-4-2;1-4(2)3;1-3-4-2;1-3-2;1-2;/h5-8,10H,4H2,1-3H3;6-9H,3-5H2,1-2H3;4-8H,1-3H3;5-8H,3-4H2,1-2H3;4-7H,3H2,1-2H3;3-6H,1-2H3;2-6H,1H3;1-4H3;2*5H,4H2,1-3H3;3-5H2,1-2H3;4H,1-3H3;3-4H2,1-2H3;3H2,1-2H3;1-2H3;1H4. The van der Waals surface area contributed by atoms with E-state index in [0.717, 1.165) is 24.2 Å². The summed E-state index contributed by atoms with van der Waals surface area (Å²) in [6, 6.07) is 62.5. The van der Waals surface area contributed by atoms with Gasteiger partial charge in [-0.15, -0.1) is 0 Å². The second-order valence-corrected chi connectivity index (χ2v) is 29.7. The van der Waals surface area contributed by atoms with E-state index in [2.05, 4.69) is 393 Å². The van der Waals surface area contributed by atoms with E-state index in [1.807, 2.05) is 32.0 Å². The molecule has 576 valence electrons. The Bertz CT molecular complexity index is 2500. The molecule has 0 aliphatic carbocycles. The third-order valence-corrected chi connectivity index (χ3v) is 14.1. The van der Waals surface area contributed by atoms with Crippen molar-refractivity contribution in [1.82, 2.24) is 0 Å². The predicted octanol–water partition coefficient (Wildman–Crippen LogP) is 34.7. The zero-order chi connectivity index (χ0) is 78.0. The van der Waals surface area contributed by atoms with Gasteiger partial charge in [0.05, 0.1) is 0 Å². The number of rotatable bonds is 14. The molecule has 100 heavy (non-hydrogen) atoms. The molecule has 0 bridgehead atoms. The van der Waals surface area contributed by atoms with Crippen LogP contribution in [0, 0.1) is 78.6 Å². The summed E-state index contributed by atoms with van der Waals surface area (Å²) in [6.07, 6.45) is 19.2. The van der Waals surface area contributed by atoms with E-state index >= 15 is 0 Å². The monoisotopic (exact) mass is 1380 g/mol. The number of aryl methyl sites for hydroxylation is 11. The van der Waals surface area contributed by atoms with Gasteiger partial charge >= 0.3 is 0 Å². The first-order valence-corrected chi connectivity index (χ1v) is 40.0. The van der Waals surface area contributed by atoms with Gasteiger partial charge in [0.2, 0.25) is 0 Å². The molecule has 0 heterocycles. The summed E-state index contributed by atoms with van der Waals surface area (Å²) in [4.78, 5) is 0. The zero-order valence-corrected chi connectivity index (χ0v) is 73.2. The molecular formula is C100H176. The van der Waals surface area contributed by atoms with Crippen molar-refractivity contribution in [3.63, 3.8) is 0 Å². The first-order chi connectivity index (χ1) is 46.6. The lowest BCUT2D eigenvalue weighted by Gasteiger charge is -2.07. The van der Waals surface area contributed by atoms with Crippen molar-refractivity contribution >= 4 is 0 Å². The molecule has 7 rings (SSSR count). The van der Waals surface area contributed by atoms with Crippen LogP contribution in [0.3, 0.4) is 0 Å². The van der Waals surface area contributed by atoms with Gasteiger partial charge in [-0.3, -0.25) is 0 Å². The topological polar surface area (TPSA) is 0 Å². The summed E-state index contributed by atoms with van der Waals surface area (Å²) >= 11 is 0. The molecule has 0 heteroatoms. The quantitative estimate of drug-likeness (QED) is 0.102.